The quantitative estimate of drug-likeness (QED) is 0.120. The minimum Gasteiger partial charge on any atom is -0.488 e. The molecule has 3 heterocycles. The molecule has 8 nitrogen and oxygen atoms in total. The summed E-state index contributed by atoms with van der Waals surface area (Å²) >= 11 is 0. The highest BCUT2D eigenvalue weighted by atomic mass is 19.1. The Balaban J connectivity index is 1.15. The fourth-order valence-electron chi connectivity index (χ4n) is 7.56. The van der Waals surface area contributed by atoms with Crippen molar-refractivity contribution in [2.75, 3.05) is 26.4 Å². The van der Waals surface area contributed by atoms with Crippen molar-refractivity contribution in [1.82, 2.24) is 0 Å². The molecule has 9 heteroatoms. The van der Waals surface area contributed by atoms with E-state index in [1.165, 1.54) is 6.07 Å². The number of fused-ring (bicyclic) bond motifs is 2. The third-order valence-corrected chi connectivity index (χ3v) is 10.4. The molecule has 280 valence electrons. The van der Waals surface area contributed by atoms with E-state index in [1.807, 2.05) is 115 Å². The third kappa shape index (κ3) is 7.85. The first-order valence-corrected chi connectivity index (χ1v) is 18.6. The van der Waals surface area contributed by atoms with Gasteiger partial charge >= 0.3 is 0 Å². The van der Waals surface area contributed by atoms with E-state index in [1.54, 1.807) is 12.1 Å². The van der Waals surface area contributed by atoms with Gasteiger partial charge in [-0.25, -0.2) is 4.39 Å². The van der Waals surface area contributed by atoms with Crippen molar-refractivity contribution in [3.05, 3.63) is 173 Å². The van der Waals surface area contributed by atoms with Crippen LogP contribution in [0.15, 0.2) is 133 Å². The SMILES string of the molecule is OCC12COC(c3ccc(F)c(Cc4ccc(OC5CCOC5)cc4)c3)(O1)C(OCc1ccccc1)[C@@H](OCc1ccccc1)[C@H]2OCc1ccccc1. The summed E-state index contributed by atoms with van der Waals surface area (Å²) in [6.07, 6.45) is -1.24. The predicted molar refractivity (Wildman–Crippen MR) is 199 cm³/mol. The molecule has 0 aromatic heterocycles. The molecule has 0 saturated carbocycles. The first-order valence-electron chi connectivity index (χ1n) is 18.6. The van der Waals surface area contributed by atoms with Crippen LogP contribution in [0.25, 0.3) is 0 Å². The normalized spacial score (nSPS) is 26.2. The Morgan fingerprint density at radius 2 is 1.30 bits per heavy atom. The predicted octanol–water partition coefficient (Wildman–Crippen LogP) is 7.28. The van der Waals surface area contributed by atoms with Crippen LogP contribution in [-0.2, 0) is 60.4 Å². The smallest absolute Gasteiger partial charge is 0.225 e. The number of rotatable bonds is 15. The lowest BCUT2D eigenvalue weighted by Crippen LogP contribution is -2.67. The molecule has 5 aromatic rings. The monoisotopic (exact) mass is 732 g/mol. The zero-order valence-corrected chi connectivity index (χ0v) is 30.1. The van der Waals surface area contributed by atoms with Crippen molar-refractivity contribution < 1.29 is 42.7 Å². The molecule has 3 aliphatic rings. The van der Waals surface area contributed by atoms with Crippen LogP contribution in [0.1, 0.15) is 39.8 Å². The van der Waals surface area contributed by atoms with E-state index in [-0.39, 0.29) is 38.3 Å². The van der Waals surface area contributed by atoms with E-state index in [2.05, 4.69) is 0 Å². The van der Waals surface area contributed by atoms with Crippen molar-refractivity contribution in [2.24, 2.45) is 0 Å². The number of aliphatic hydroxyl groups is 1. The van der Waals surface area contributed by atoms with Gasteiger partial charge in [-0.15, -0.1) is 0 Å². The number of benzene rings is 5. The summed E-state index contributed by atoms with van der Waals surface area (Å²) in [6, 6.07) is 42.2. The second kappa shape index (κ2) is 16.5. The molecule has 8 rings (SSSR count). The number of aliphatic hydroxyl groups excluding tert-OH is 1. The molecule has 3 aliphatic heterocycles. The maximum atomic E-state index is 15.7. The van der Waals surface area contributed by atoms with E-state index >= 15 is 4.39 Å². The van der Waals surface area contributed by atoms with Gasteiger partial charge in [0.25, 0.3) is 0 Å². The Bertz CT molecular complexity index is 1940. The number of hydrogen-bond donors (Lipinski definition) is 1. The van der Waals surface area contributed by atoms with Crippen molar-refractivity contribution in [2.45, 2.75) is 68.5 Å². The van der Waals surface area contributed by atoms with Crippen molar-refractivity contribution in [3.8, 4) is 5.75 Å². The molecule has 0 radical (unpaired) electrons. The lowest BCUT2D eigenvalue weighted by Gasteiger charge is -2.50. The van der Waals surface area contributed by atoms with Gasteiger partial charge < -0.3 is 38.3 Å². The standard InChI is InChI=1S/C45H45FO8/c46-40-21-18-37(25-36(40)24-32-16-19-38(20-17-32)53-39-22-23-48-29-39)45-43(51-28-35-14-8-3-9-15-35)41(49-26-33-10-4-1-5-11-33)42(44(30-47,54-45)31-52-45)50-27-34-12-6-2-7-13-34/h1-21,25,39,41-43,47H,22-24,26-31H2/t39?,41-,42+,43?,44?,45?/m0/s1. The number of ether oxygens (including phenoxy) is 7. The Kier molecular flexibility index (Phi) is 11.2. The second-order valence-electron chi connectivity index (χ2n) is 14.2. The molecule has 3 fully saturated rings. The van der Waals surface area contributed by atoms with Crippen molar-refractivity contribution in [3.63, 3.8) is 0 Å². The van der Waals surface area contributed by atoms with E-state index in [0.717, 1.165) is 34.4 Å². The van der Waals surface area contributed by atoms with Crippen LogP contribution in [0.2, 0.25) is 0 Å². The average Bonchev–Trinajstić information content (AvgIpc) is 3.87. The first kappa shape index (κ1) is 36.5. The summed E-state index contributed by atoms with van der Waals surface area (Å²) in [6.45, 7) is 1.60. The highest BCUT2D eigenvalue weighted by Crippen LogP contribution is 2.53. The van der Waals surface area contributed by atoms with E-state index in [4.69, 9.17) is 33.2 Å². The minimum atomic E-state index is -1.56. The van der Waals surface area contributed by atoms with Gasteiger partial charge in [0.15, 0.2) is 0 Å². The summed E-state index contributed by atoms with van der Waals surface area (Å²) in [5.74, 6) is -1.17. The highest BCUT2D eigenvalue weighted by molar-refractivity contribution is 5.37. The molecule has 3 saturated heterocycles. The van der Waals surface area contributed by atoms with Gasteiger partial charge in [0.1, 0.15) is 41.6 Å². The summed E-state index contributed by atoms with van der Waals surface area (Å²) in [7, 11) is 0. The Morgan fingerprint density at radius 1 is 0.685 bits per heavy atom. The first-order chi connectivity index (χ1) is 26.5. The highest BCUT2D eigenvalue weighted by Gasteiger charge is 2.69. The van der Waals surface area contributed by atoms with Gasteiger partial charge in [-0.1, -0.05) is 109 Å². The van der Waals surface area contributed by atoms with Crippen LogP contribution in [0, 0.1) is 5.82 Å². The van der Waals surface area contributed by atoms with Gasteiger partial charge in [0, 0.05) is 18.4 Å². The van der Waals surface area contributed by atoms with Crippen molar-refractivity contribution in [1.29, 1.82) is 0 Å². The third-order valence-electron chi connectivity index (χ3n) is 10.4. The zero-order chi connectivity index (χ0) is 36.8. The van der Waals surface area contributed by atoms with Crippen LogP contribution in [0.3, 0.4) is 0 Å². The molecule has 4 unspecified atom stereocenters. The van der Waals surface area contributed by atoms with Crippen LogP contribution < -0.4 is 4.74 Å². The topological polar surface area (TPSA) is 84.8 Å². The van der Waals surface area contributed by atoms with Crippen LogP contribution in [0.4, 0.5) is 4.39 Å². The minimum absolute atomic E-state index is 0.000440. The van der Waals surface area contributed by atoms with E-state index in [9.17, 15) is 5.11 Å². The second-order valence-corrected chi connectivity index (χ2v) is 14.2. The van der Waals surface area contributed by atoms with Crippen molar-refractivity contribution >= 4 is 0 Å². The Hall–Kier alpha value is -4.45. The molecule has 54 heavy (non-hydrogen) atoms. The Labute approximate surface area is 315 Å². The molecular formula is C45H45FO8. The van der Waals surface area contributed by atoms with Crippen LogP contribution in [0.5, 0.6) is 5.75 Å². The average molecular weight is 733 g/mol. The summed E-state index contributed by atoms with van der Waals surface area (Å²) in [4.78, 5) is 0. The summed E-state index contributed by atoms with van der Waals surface area (Å²) in [5, 5.41) is 11.1. The largest absolute Gasteiger partial charge is 0.488 e. The molecule has 0 amide bonds. The molecule has 1 N–H and O–H groups in total. The lowest BCUT2D eigenvalue weighted by atomic mass is 9.82. The summed E-state index contributed by atoms with van der Waals surface area (Å²) in [5.41, 5.74) is 3.49. The number of hydrogen-bond acceptors (Lipinski definition) is 8. The fraction of sp³-hybridized carbons (Fsp3) is 0.333. The maximum Gasteiger partial charge on any atom is 0.225 e. The van der Waals surface area contributed by atoms with E-state index < -0.39 is 36.3 Å². The molecule has 2 bridgehead atoms. The van der Waals surface area contributed by atoms with Gasteiger partial charge in [-0.3, -0.25) is 0 Å². The zero-order valence-electron chi connectivity index (χ0n) is 30.1. The molecule has 6 atom stereocenters. The van der Waals surface area contributed by atoms with Gasteiger partial charge in [0.05, 0.1) is 46.2 Å². The van der Waals surface area contributed by atoms with E-state index in [0.29, 0.717) is 30.8 Å². The van der Waals surface area contributed by atoms with Crippen LogP contribution >= 0.6 is 0 Å². The fourth-order valence-corrected chi connectivity index (χ4v) is 7.56. The van der Waals surface area contributed by atoms with Gasteiger partial charge in [-0.2, -0.15) is 0 Å². The van der Waals surface area contributed by atoms with Gasteiger partial charge in [-0.05, 0) is 52.1 Å². The Morgan fingerprint density at radius 3 is 1.89 bits per heavy atom. The molecule has 0 aliphatic carbocycles. The maximum absolute atomic E-state index is 15.7. The lowest BCUT2D eigenvalue weighted by molar-refractivity contribution is -0.353. The number of halogens is 1. The molecular weight excluding hydrogens is 687 g/mol. The summed E-state index contributed by atoms with van der Waals surface area (Å²) < 4.78 is 61.2. The van der Waals surface area contributed by atoms with Gasteiger partial charge in [0.2, 0.25) is 5.79 Å². The molecule has 5 aromatic carbocycles. The molecule has 0 spiro atoms. The van der Waals surface area contributed by atoms with Crippen LogP contribution in [-0.4, -0.2) is 61.6 Å².